The van der Waals surface area contributed by atoms with E-state index in [2.05, 4.69) is 28.5 Å². The molecule has 1 aromatic heterocycles. The fourth-order valence-corrected chi connectivity index (χ4v) is 4.01. The first-order valence-corrected chi connectivity index (χ1v) is 12.3. The smallest absolute Gasteiger partial charge is 0.313 e. The molecule has 1 heterocycles. The standard InChI is InChI=1S/C22H29N7O3S/c1-2-3-4-11-25-14-20-12-21(8-7-19(20)13-23)29(28-16-26-27-17-28)15-18-5-9-22(10-6-18)32-33(24,30)31/h5-9,12,16-17,22,25H,2-4,10-11,14-15H2,1H3,(H2,24,30,31). The highest BCUT2D eigenvalue weighted by Crippen LogP contribution is 2.23. The summed E-state index contributed by atoms with van der Waals surface area (Å²) < 4.78 is 28.9. The summed E-state index contributed by atoms with van der Waals surface area (Å²) in [4.78, 5) is 0. The van der Waals surface area contributed by atoms with Crippen LogP contribution in [-0.4, -0.2) is 42.5 Å². The number of nitrogens with one attached hydrogen (secondary N) is 1. The fraction of sp³-hybridized carbons (Fsp3) is 0.409. The molecule has 3 rings (SSSR count). The Morgan fingerprint density at radius 2 is 2.12 bits per heavy atom. The number of anilines is 1. The lowest BCUT2D eigenvalue weighted by Gasteiger charge is -2.27. The zero-order valence-corrected chi connectivity index (χ0v) is 19.4. The molecule has 0 saturated carbocycles. The molecule has 176 valence electrons. The van der Waals surface area contributed by atoms with Crippen molar-refractivity contribution in [1.82, 2.24) is 20.2 Å². The van der Waals surface area contributed by atoms with Crippen molar-refractivity contribution in [2.24, 2.45) is 5.14 Å². The van der Waals surface area contributed by atoms with Crippen LogP contribution in [0.4, 0.5) is 5.69 Å². The van der Waals surface area contributed by atoms with Gasteiger partial charge in [-0.15, -0.1) is 10.2 Å². The van der Waals surface area contributed by atoms with Gasteiger partial charge in [0, 0.05) is 6.54 Å². The van der Waals surface area contributed by atoms with E-state index in [9.17, 15) is 13.7 Å². The number of aromatic nitrogens is 3. The Morgan fingerprint density at radius 1 is 1.33 bits per heavy atom. The van der Waals surface area contributed by atoms with Gasteiger partial charge >= 0.3 is 10.3 Å². The van der Waals surface area contributed by atoms with Gasteiger partial charge in [0.25, 0.3) is 0 Å². The molecule has 1 unspecified atom stereocenters. The number of hydrogen-bond acceptors (Lipinski definition) is 8. The van der Waals surface area contributed by atoms with Crippen LogP contribution in [0.25, 0.3) is 0 Å². The molecule has 0 saturated heterocycles. The SMILES string of the molecule is CCCCCNCc1cc(N(CC2=CCC(OS(N)(=O)=O)C=C2)n2cnnc2)ccc1C#N. The molecular weight excluding hydrogens is 442 g/mol. The minimum absolute atomic E-state index is 0.387. The number of hydrogen-bond donors (Lipinski definition) is 2. The Kier molecular flexibility index (Phi) is 8.73. The molecule has 10 nitrogen and oxygen atoms in total. The molecule has 0 spiro atoms. The van der Waals surface area contributed by atoms with Crippen molar-refractivity contribution < 1.29 is 12.6 Å². The fourth-order valence-electron chi connectivity index (χ4n) is 3.52. The van der Waals surface area contributed by atoms with Gasteiger partial charge in [0.2, 0.25) is 0 Å². The maximum atomic E-state index is 11.2. The average Bonchev–Trinajstić information content (AvgIpc) is 3.32. The number of benzene rings is 1. The van der Waals surface area contributed by atoms with Crippen LogP contribution in [0, 0.1) is 11.3 Å². The van der Waals surface area contributed by atoms with E-state index in [1.54, 1.807) is 23.4 Å². The average molecular weight is 472 g/mol. The van der Waals surface area contributed by atoms with Crippen LogP contribution in [0.15, 0.2) is 54.7 Å². The highest BCUT2D eigenvalue weighted by atomic mass is 32.2. The van der Waals surface area contributed by atoms with E-state index in [0.29, 0.717) is 25.1 Å². The van der Waals surface area contributed by atoms with Crippen molar-refractivity contribution >= 4 is 16.0 Å². The van der Waals surface area contributed by atoms with Crippen LogP contribution < -0.4 is 15.5 Å². The molecular formula is C22H29N7O3S. The third-order valence-electron chi connectivity index (χ3n) is 5.19. The molecule has 33 heavy (non-hydrogen) atoms. The molecule has 11 heteroatoms. The topological polar surface area (TPSA) is 139 Å². The quantitative estimate of drug-likeness (QED) is 0.449. The number of nitrogens with two attached hydrogens (primary N) is 1. The molecule has 1 atom stereocenters. The van der Waals surface area contributed by atoms with Crippen LogP contribution in [0.3, 0.4) is 0 Å². The molecule has 1 aliphatic carbocycles. The number of unbranched alkanes of at least 4 members (excludes halogenated alkanes) is 2. The molecule has 0 fully saturated rings. The maximum absolute atomic E-state index is 11.2. The third kappa shape index (κ3) is 7.50. The Bertz CT molecular complexity index is 1120. The summed E-state index contributed by atoms with van der Waals surface area (Å²) in [6.07, 6.45) is 11.8. The van der Waals surface area contributed by atoms with Gasteiger partial charge < -0.3 is 5.32 Å². The van der Waals surface area contributed by atoms with Gasteiger partial charge in [0.05, 0.1) is 23.9 Å². The summed E-state index contributed by atoms with van der Waals surface area (Å²) in [5.74, 6) is 0. The van der Waals surface area contributed by atoms with Crippen molar-refractivity contribution in [3.63, 3.8) is 0 Å². The molecule has 3 N–H and O–H groups in total. The van der Waals surface area contributed by atoms with Gasteiger partial charge in [-0.25, -0.2) is 9.82 Å². The van der Waals surface area contributed by atoms with E-state index in [-0.39, 0.29) is 0 Å². The predicted molar refractivity (Wildman–Crippen MR) is 125 cm³/mol. The summed E-state index contributed by atoms with van der Waals surface area (Å²) in [7, 11) is -4.01. The minimum atomic E-state index is -4.01. The summed E-state index contributed by atoms with van der Waals surface area (Å²) >= 11 is 0. The van der Waals surface area contributed by atoms with Crippen molar-refractivity contribution in [2.45, 2.75) is 45.3 Å². The summed E-state index contributed by atoms with van der Waals surface area (Å²) in [5.41, 5.74) is 3.38. The number of nitriles is 1. The lowest BCUT2D eigenvalue weighted by molar-refractivity contribution is 0.257. The van der Waals surface area contributed by atoms with Crippen LogP contribution in [0.5, 0.6) is 0 Å². The molecule has 0 bridgehead atoms. The molecule has 0 aliphatic heterocycles. The highest BCUT2D eigenvalue weighted by molar-refractivity contribution is 7.84. The van der Waals surface area contributed by atoms with E-state index in [4.69, 9.17) is 9.32 Å². The van der Waals surface area contributed by atoms with Gasteiger partial charge in [-0.3, -0.25) is 9.19 Å². The van der Waals surface area contributed by atoms with Gasteiger partial charge in [0.1, 0.15) is 18.8 Å². The van der Waals surface area contributed by atoms with E-state index < -0.39 is 16.4 Å². The van der Waals surface area contributed by atoms with Crippen molar-refractivity contribution in [3.05, 3.63) is 65.8 Å². The zero-order valence-electron chi connectivity index (χ0n) is 18.6. The summed E-state index contributed by atoms with van der Waals surface area (Å²) in [6.45, 7) is 4.15. The minimum Gasteiger partial charge on any atom is -0.313 e. The number of nitrogens with zero attached hydrogens (tertiary/aromatic N) is 5. The molecule has 1 aliphatic rings. The van der Waals surface area contributed by atoms with Gasteiger partial charge in [0.15, 0.2) is 0 Å². The highest BCUT2D eigenvalue weighted by Gasteiger charge is 2.18. The van der Waals surface area contributed by atoms with Crippen LogP contribution >= 0.6 is 0 Å². The Morgan fingerprint density at radius 3 is 2.76 bits per heavy atom. The Hall–Kier alpha value is -3.04. The van der Waals surface area contributed by atoms with E-state index in [1.165, 1.54) is 6.42 Å². The Labute approximate surface area is 194 Å². The van der Waals surface area contributed by atoms with E-state index in [1.807, 2.05) is 35.4 Å². The van der Waals surface area contributed by atoms with Crippen molar-refractivity contribution in [1.29, 1.82) is 5.26 Å². The second kappa shape index (κ2) is 11.7. The first-order valence-electron chi connectivity index (χ1n) is 10.8. The van der Waals surface area contributed by atoms with Crippen molar-refractivity contribution in [2.75, 3.05) is 18.1 Å². The second-order valence-electron chi connectivity index (χ2n) is 7.74. The monoisotopic (exact) mass is 471 g/mol. The lowest BCUT2D eigenvalue weighted by atomic mass is 10.0. The first-order chi connectivity index (χ1) is 15.9. The normalized spacial score (nSPS) is 15.8. The van der Waals surface area contributed by atoms with Gasteiger partial charge in [-0.05, 0) is 48.7 Å². The number of rotatable bonds is 12. The molecule has 2 aromatic rings. The zero-order chi connectivity index (χ0) is 23.7. The molecule has 0 radical (unpaired) electrons. The second-order valence-corrected chi connectivity index (χ2v) is 8.92. The van der Waals surface area contributed by atoms with Gasteiger partial charge in [-0.1, -0.05) is 38.0 Å². The van der Waals surface area contributed by atoms with Gasteiger partial charge in [-0.2, -0.15) is 13.7 Å². The van der Waals surface area contributed by atoms with Crippen molar-refractivity contribution in [3.8, 4) is 6.07 Å². The first kappa shape index (κ1) is 24.6. The third-order valence-corrected chi connectivity index (χ3v) is 5.71. The molecule has 1 aromatic carbocycles. The largest absolute Gasteiger partial charge is 0.333 e. The van der Waals surface area contributed by atoms with Crippen LogP contribution in [0.2, 0.25) is 0 Å². The van der Waals surface area contributed by atoms with E-state index >= 15 is 0 Å². The van der Waals surface area contributed by atoms with Crippen LogP contribution in [0.1, 0.15) is 43.7 Å². The maximum Gasteiger partial charge on any atom is 0.333 e. The lowest BCUT2D eigenvalue weighted by Crippen LogP contribution is -2.31. The molecule has 0 amide bonds. The summed E-state index contributed by atoms with van der Waals surface area (Å²) in [6, 6.07) is 7.96. The van der Waals surface area contributed by atoms with E-state index in [0.717, 1.165) is 36.2 Å². The predicted octanol–water partition coefficient (Wildman–Crippen LogP) is 2.17. The Balaban J connectivity index is 1.77. The summed E-state index contributed by atoms with van der Waals surface area (Å²) in [5, 5.41) is 27.7. The van der Waals surface area contributed by atoms with Crippen LogP contribution in [-0.2, 0) is 21.0 Å².